The third-order valence-corrected chi connectivity index (χ3v) is 27.0. The Hall–Kier alpha value is -2.91. The van der Waals surface area contributed by atoms with Crippen LogP contribution < -0.4 is 16.4 Å². The molecule has 7 unspecified atom stereocenters. The van der Waals surface area contributed by atoms with Crippen LogP contribution in [0, 0.1) is 16.2 Å². The first-order valence-corrected chi connectivity index (χ1v) is 39.2. The van der Waals surface area contributed by atoms with Crippen molar-refractivity contribution < 1.29 is 47.5 Å². The lowest BCUT2D eigenvalue weighted by atomic mass is 9.61. The van der Waals surface area contributed by atoms with Crippen molar-refractivity contribution in [3.05, 3.63) is 101 Å². The molecule has 510 valence electrons. The van der Waals surface area contributed by atoms with E-state index in [0.29, 0.717) is 36.4 Å². The number of hydrogen-bond acceptors (Lipinski definition) is 15. The van der Waals surface area contributed by atoms with E-state index in [1.165, 1.54) is 29.5 Å². The number of hydrogen-bond donors (Lipinski definition) is 3. The predicted molar refractivity (Wildman–Crippen MR) is 382 cm³/mol. The maximum Gasteiger partial charge on any atom is 0.262 e. The van der Waals surface area contributed by atoms with Crippen LogP contribution in [0.2, 0.25) is 0 Å². The van der Waals surface area contributed by atoms with Gasteiger partial charge in [-0.05, 0) is 230 Å². The van der Waals surface area contributed by atoms with E-state index in [2.05, 4.69) is 129 Å². The van der Waals surface area contributed by atoms with E-state index >= 15 is 0 Å². The van der Waals surface area contributed by atoms with Gasteiger partial charge in [0.25, 0.3) is 17.7 Å². The number of halogens is 4. The molecule has 0 aromatic heterocycles. The van der Waals surface area contributed by atoms with Crippen LogP contribution in [0.1, 0.15) is 162 Å². The Bertz CT molecular complexity index is 3370. The second kappa shape index (κ2) is 29.0. The summed E-state index contributed by atoms with van der Waals surface area (Å²) in [5.74, 6) is 1.35. The van der Waals surface area contributed by atoms with Crippen molar-refractivity contribution in [1.82, 2.24) is 20.4 Å². The molecule has 0 bridgehead atoms. The minimum absolute atomic E-state index is 0.00443. The monoisotopic (exact) mass is 1580 g/mol. The summed E-state index contributed by atoms with van der Waals surface area (Å²) in [6, 6.07) is 19.0. The summed E-state index contributed by atoms with van der Waals surface area (Å²) in [5.41, 5.74) is 10.2. The summed E-state index contributed by atoms with van der Waals surface area (Å²) in [4.78, 5) is 55.9. The van der Waals surface area contributed by atoms with Crippen molar-refractivity contribution in [1.29, 1.82) is 0 Å². The van der Waals surface area contributed by atoms with E-state index in [4.69, 9.17) is 61.1 Å². The topological polar surface area (TPSA) is 197 Å². The van der Waals surface area contributed by atoms with Crippen LogP contribution >= 0.6 is 87.7 Å². The summed E-state index contributed by atoms with van der Waals surface area (Å²) in [7, 11) is 5.36. The highest BCUT2D eigenvalue weighted by atomic mass is 79.9. The Morgan fingerprint density at radius 3 is 1.39 bits per heavy atom. The molecule has 8 fully saturated rings. The number of amidine groups is 1. The molecule has 0 radical (unpaired) electrons. The van der Waals surface area contributed by atoms with Crippen molar-refractivity contribution in [3.63, 3.8) is 0 Å². The highest BCUT2D eigenvalue weighted by Crippen LogP contribution is 2.65. The number of thioether (sulfide) groups is 1. The van der Waals surface area contributed by atoms with Crippen molar-refractivity contribution >= 4 is 122 Å². The molecular weight excluding hydrogens is 1490 g/mol. The van der Waals surface area contributed by atoms with Gasteiger partial charge in [-0.2, -0.15) is 0 Å². The summed E-state index contributed by atoms with van der Waals surface area (Å²) in [6.45, 7) is 4.44. The molecule has 3 amide bonds. The average Bonchev–Trinajstić information content (AvgIpc) is 1.54. The molecule has 5 saturated heterocycles. The molecule has 7 aliphatic heterocycles. The minimum atomic E-state index is -0.923. The zero-order chi connectivity index (χ0) is 65.6. The van der Waals surface area contributed by atoms with Crippen LogP contribution in [0.5, 0.6) is 0 Å². The molecule has 23 heteroatoms. The van der Waals surface area contributed by atoms with Gasteiger partial charge in [0.15, 0.2) is 32.9 Å². The maximum absolute atomic E-state index is 14.7. The first kappa shape index (κ1) is 69.6. The minimum Gasteiger partial charge on any atom is -0.381 e. The fourth-order valence-corrected chi connectivity index (χ4v) is 21.5. The number of nitrogens with one attached hydrogen (secondary N) is 2. The van der Waals surface area contributed by atoms with Gasteiger partial charge in [-0.15, -0.1) is 0 Å². The maximum atomic E-state index is 14.7. The lowest BCUT2D eigenvalue weighted by Gasteiger charge is -2.46. The number of carbonyl (C=O) groups excluding carboxylic acids is 3. The number of aliphatic imine (C=N–C) groups is 2. The van der Waals surface area contributed by atoms with Gasteiger partial charge in [0.1, 0.15) is 0 Å². The number of fused-ring (bicyclic) bond motifs is 9. The molecular formula is C71H91Br4N7O10S2. The number of alkyl halides is 1. The molecule has 3 aromatic carbocycles. The number of nitrogens with zero attached hydrogens (tertiary/aromatic N) is 4. The SMILES string of the molecule is BrCC1CCCO1.COC1CCC2(CC1)Cc1ccc(Br)cc1C21N=C(N)N(CC2CCCO2)C1=O.COC1CCC2(CC1)Cc1ccc(Br)cc1C21N=C(SCC2CCCO2)N(CC2CCCO2)C1=O.COC1CCC2(CC1)Cc1ccc(Br)cc1C21NC(=S)NC1=O. The van der Waals surface area contributed by atoms with E-state index in [1.54, 1.807) is 38.0 Å². The molecule has 13 aliphatic rings. The Kier molecular flexibility index (Phi) is 21.4. The molecule has 16 rings (SSSR count). The van der Waals surface area contributed by atoms with Crippen molar-refractivity contribution in [2.75, 3.05) is 71.9 Å². The predicted octanol–water partition coefficient (Wildman–Crippen LogP) is 12.5. The Balaban J connectivity index is 0.000000124. The number of methoxy groups -OCH3 is 3. The van der Waals surface area contributed by atoms with Gasteiger partial charge in [0.05, 0.1) is 55.8 Å². The summed E-state index contributed by atoms with van der Waals surface area (Å²) in [5, 5.41) is 8.52. The number of amides is 3. The van der Waals surface area contributed by atoms with Gasteiger partial charge in [-0.3, -0.25) is 24.2 Å². The van der Waals surface area contributed by atoms with Gasteiger partial charge in [-0.25, -0.2) is 9.98 Å². The number of benzene rings is 3. The van der Waals surface area contributed by atoms with E-state index in [0.717, 1.165) is 208 Å². The molecule has 17 nitrogen and oxygen atoms in total. The van der Waals surface area contributed by atoms with Crippen molar-refractivity contribution in [2.24, 2.45) is 32.0 Å². The summed E-state index contributed by atoms with van der Waals surface area (Å²) < 4.78 is 42.8. The molecule has 3 saturated carbocycles. The summed E-state index contributed by atoms with van der Waals surface area (Å²) >= 11 is 21.2. The van der Waals surface area contributed by atoms with Crippen molar-refractivity contribution in [3.8, 4) is 0 Å². The quantitative estimate of drug-likeness (QED) is 0.128. The molecule has 3 aromatic rings. The number of nitrogens with two attached hydrogens (primary N) is 1. The van der Waals surface area contributed by atoms with E-state index in [-0.39, 0.29) is 64.5 Å². The zero-order valence-electron chi connectivity index (χ0n) is 54.4. The Labute approximate surface area is 597 Å². The lowest BCUT2D eigenvalue weighted by Crippen LogP contribution is -2.56. The Morgan fingerprint density at radius 2 is 0.968 bits per heavy atom. The first-order valence-electron chi connectivity index (χ1n) is 34.3. The molecule has 94 heavy (non-hydrogen) atoms. The van der Waals surface area contributed by atoms with Gasteiger partial charge in [-0.1, -0.05) is 93.7 Å². The van der Waals surface area contributed by atoms with Crippen LogP contribution in [0.15, 0.2) is 78.0 Å². The number of ether oxygens (including phenoxy) is 7. The van der Waals surface area contributed by atoms with Crippen LogP contribution in [-0.4, -0.2) is 158 Å². The number of rotatable bonds is 10. The van der Waals surface area contributed by atoms with Crippen LogP contribution in [0.4, 0.5) is 0 Å². The second-order valence-electron chi connectivity index (χ2n) is 28.4. The van der Waals surface area contributed by atoms with Crippen LogP contribution in [0.25, 0.3) is 0 Å². The molecule has 6 aliphatic carbocycles. The number of thiocarbonyl (C=S) groups is 1. The van der Waals surface area contributed by atoms with Crippen LogP contribution in [-0.2, 0) is 83.4 Å². The normalized spacial score (nSPS) is 35.8. The van der Waals surface area contributed by atoms with Crippen LogP contribution in [0.3, 0.4) is 0 Å². The summed E-state index contributed by atoms with van der Waals surface area (Å²) in [6.07, 6.45) is 24.6. The van der Waals surface area contributed by atoms with Gasteiger partial charge in [0.2, 0.25) is 0 Å². The lowest BCUT2D eigenvalue weighted by molar-refractivity contribution is -0.140. The molecule has 7 heterocycles. The largest absolute Gasteiger partial charge is 0.381 e. The zero-order valence-corrected chi connectivity index (χ0v) is 62.4. The molecule has 7 atom stereocenters. The average molecular weight is 1590 g/mol. The second-order valence-corrected chi connectivity index (χ2v) is 33.2. The van der Waals surface area contributed by atoms with E-state index < -0.39 is 16.6 Å². The van der Waals surface area contributed by atoms with Crippen molar-refractivity contribution in [2.45, 2.75) is 207 Å². The van der Waals surface area contributed by atoms with Gasteiger partial charge >= 0.3 is 0 Å². The molecule has 6 spiro atoms. The third-order valence-electron chi connectivity index (χ3n) is 23.5. The smallest absolute Gasteiger partial charge is 0.262 e. The van der Waals surface area contributed by atoms with E-state index in [9.17, 15) is 14.4 Å². The van der Waals surface area contributed by atoms with Gasteiger partial charge in [0, 0.05) is 88.5 Å². The fourth-order valence-electron chi connectivity index (χ4n) is 18.6. The Morgan fingerprint density at radius 1 is 0.564 bits per heavy atom. The first-order chi connectivity index (χ1) is 45.5. The fraction of sp³-hybridized carbons (Fsp3) is 0.662. The van der Waals surface area contributed by atoms with E-state index in [1.807, 2.05) is 4.90 Å². The standard InChI is InChI=1S/C27H35BrN2O4S.C22H28BrN3O3.C17H19BrN2O2S.C5H9BrO/c1-32-20-8-10-26(11-9-20)15-18-6-7-19(28)14-23(18)27(26)24(31)30(16-21-4-2-12-33-21)25(29-27)35-17-22-5-3-13-34-22;1-28-16-6-8-21(9-7-16)12-14-4-5-15(23)11-18(14)22(21)19(27)26(20(24)25-22)13-17-3-2-10-29-17;1-22-12-4-6-16(7-5-12)9-10-2-3-11(18)8-13(10)17(16)14(21)19-15(23)20-17;6-4-5-2-1-3-7-5/h6-7,14,20-22H,2-5,8-13,15-17H2,1H3;4-5,11,16-17H,2-3,6-10,12-13H2,1H3,(H2,24,25);2-3,8,12H,4-7,9H2,1H3,(H2,19,20,21,23);5H,1-4H2. The number of carbonyl (C=O) groups is 3. The number of guanidine groups is 1. The highest BCUT2D eigenvalue weighted by Gasteiger charge is 2.69. The molecule has 4 N–H and O–H groups in total. The third kappa shape index (κ3) is 12.6. The van der Waals surface area contributed by atoms with Gasteiger partial charge < -0.3 is 49.5 Å². The highest BCUT2D eigenvalue weighted by molar-refractivity contribution is 9.11.